The summed E-state index contributed by atoms with van der Waals surface area (Å²) in [5.74, 6) is -1.12. The highest BCUT2D eigenvalue weighted by atomic mass is 35.5. The van der Waals surface area contributed by atoms with Crippen molar-refractivity contribution in [3.8, 4) is 0 Å². The normalized spacial score (nSPS) is 21.1. The Balaban J connectivity index is 2.16. The van der Waals surface area contributed by atoms with Gasteiger partial charge in [0.05, 0.1) is 16.5 Å². The third-order valence-electron chi connectivity index (χ3n) is 2.68. The highest BCUT2D eigenvalue weighted by Gasteiger charge is 2.56. The van der Waals surface area contributed by atoms with Gasteiger partial charge < -0.3 is 5.32 Å². The van der Waals surface area contributed by atoms with Crippen LogP contribution in [0.25, 0.3) is 0 Å². The molecular formula is C11H7Cl3F3NO. The van der Waals surface area contributed by atoms with Crippen molar-refractivity contribution in [1.82, 2.24) is 0 Å². The SMILES string of the molecule is O=C(Nc1ccc(Cl)c(C(F)(F)F)c1)C1CC1(Cl)Cl. The molecule has 1 aromatic rings. The van der Waals surface area contributed by atoms with Crippen molar-refractivity contribution in [3.05, 3.63) is 28.8 Å². The number of alkyl halides is 5. The molecule has 0 aromatic heterocycles. The molecule has 1 aromatic carbocycles. The minimum absolute atomic E-state index is 0.00208. The maximum absolute atomic E-state index is 12.6. The summed E-state index contributed by atoms with van der Waals surface area (Å²) in [5.41, 5.74) is -1.01. The number of hydrogen-bond acceptors (Lipinski definition) is 1. The first-order valence-electron chi connectivity index (χ1n) is 5.17. The number of benzene rings is 1. The van der Waals surface area contributed by atoms with Crippen molar-refractivity contribution in [2.45, 2.75) is 16.9 Å². The Morgan fingerprint density at radius 2 is 1.95 bits per heavy atom. The predicted molar refractivity (Wildman–Crippen MR) is 67.6 cm³/mol. The van der Waals surface area contributed by atoms with Crippen molar-refractivity contribution < 1.29 is 18.0 Å². The molecular weight excluding hydrogens is 325 g/mol. The second-order valence-corrected chi connectivity index (χ2v) is 6.15. The summed E-state index contributed by atoms with van der Waals surface area (Å²) in [6.45, 7) is 0. The Morgan fingerprint density at radius 3 is 2.42 bits per heavy atom. The van der Waals surface area contributed by atoms with E-state index in [0.29, 0.717) is 0 Å². The molecule has 1 unspecified atom stereocenters. The van der Waals surface area contributed by atoms with Crippen molar-refractivity contribution in [1.29, 1.82) is 0 Å². The number of carbonyl (C=O) groups excluding carboxylic acids is 1. The molecule has 2 nitrogen and oxygen atoms in total. The maximum atomic E-state index is 12.6. The molecule has 1 fully saturated rings. The van der Waals surface area contributed by atoms with Gasteiger partial charge in [0, 0.05) is 5.69 Å². The summed E-state index contributed by atoms with van der Waals surface area (Å²) < 4.78 is 36.7. The standard InChI is InChI=1S/C11H7Cl3F3NO/c12-8-2-1-5(3-6(8)11(15,16)17)18-9(19)7-4-10(7,13)14/h1-3,7H,4H2,(H,18,19). The third kappa shape index (κ3) is 3.27. The molecule has 1 N–H and O–H groups in total. The molecule has 0 radical (unpaired) electrons. The number of rotatable bonds is 2. The topological polar surface area (TPSA) is 29.1 Å². The zero-order valence-electron chi connectivity index (χ0n) is 9.19. The van der Waals surface area contributed by atoms with Crippen molar-refractivity contribution >= 4 is 46.4 Å². The minimum Gasteiger partial charge on any atom is -0.326 e. The number of hydrogen-bond donors (Lipinski definition) is 1. The molecule has 104 valence electrons. The average Bonchev–Trinajstić information content (AvgIpc) is 2.89. The lowest BCUT2D eigenvalue weighted by Crippen LogP contribution is -2.17. The van der Waals surface area contributed by atoms with E-state index in [9.17, 15) is 18.0 Å². The fourth-order valence-corrected chi connectivity index (χ4v) is 2.28. The predicted octanol–water partition coefficient (Wildman–Crippen LogP) is 4.49. The molecule has 1 amide bonds. The van der Waals surface area contributed by atoms with Gasteiger partial charge in [-0.3, -0.25) is 4.79 Å². The van der Waals surface area contributed by atoms with Crippen LogP contribution in [0.2, 0.25) is 5.02 Å². The second-order valence-electron chi connectivity index (χ2n) is 4.20. The Bertz CT molecular complexity index is 530. The number of amides is 1. The molecule has 0 bridgehead atoms. The van der Waals surface area contributed by atoms with E-state index < -0.39 is 32.9 Å². The Hall–Kier alpha value is -0.650. The Kier molecular flexibility index (Phi) is 3.66. The second kappa shape index (κ2) is 4.72. The van der Waals surface area contributed by atoms with Crippen LogP contribution in [0.15, 0.2) is 18.2 Å². The van der Waals surface area contributed by atoms with Gasteiger partial charge in [-0.1, -0.05) is 11.6 Å². The fourth-order valence-electron chi connectivity index (χ4n) is 1.55. The van der Waals surface area contributed by atoms with E-state index in [-0.39, 0.29) is 12.1 Å². The molecule has 0 spiro atoms. The van der Waals surface area contributed by atoms with E-state index in [0.717, 1.165) is 12.1 Å². The monoisotopic (exact) mass is 331 g/mol. The zero-order chi connectivity index (χ0) is 14.4. The smallest absolute Gasteiger partial charge is 0.326 e. The molecule has 2 rings (SSSR count). The summed E-state index contributed by atoms with van der Waals surface area (Å²) in [6.07, 6.45) is -4.30. The molecule has 0 heterocycles. The van der Waals surface area contributed by atoms with Crippen LogP contribution < -0.4 is 5.32 Å². The molecule has 0 aliphatic heterocycles. The first-order chi connectivity index (χ1) is 8.61. The van der Waals surface area contributed by atoms with Crippen LogP contribution >= 0.6 is 34.8 Å². The van der Waals surface area contributed by atoms with Gasteiger partial charge in [-0.15, -0.1) is 23.2 Å². The molecule has 1 atom stereocenters. The van der Waals surface area contributed by atoms with E-state index in [2.05, 4.69) is 5.32 Å². The zero-order valence-corrected chi connectivity index (χ0v) is 11.5. The summed E-state index contributed by atoms with van der Waals surface area (Å²) >= 11 is 16.9. The molecule has 1 aliphatic rings. The molecule has 19 heavy (non-hydrogen) atoms. The summed E-state index contributed by atoms with van der Waals surface area (Å²) in [5, 5.41) is 1.90. The lowest BCUT2D eigenvalue weighted by molar-refractivity contribution is -0.137. The van der Waals surface area contributed by atoms with Gasteiger partial charge in [0.15, 0.2) is 0 Å². The van der Waals surface area contributed by atoms with Gasteiger partial charge in [-0.25, -0.2) is 0 Å². The first-order valence-corrected chi connectivity index (χ1v) is 6.30. The number of nitrogens with one attached hydrogen (secondary N) is 1. The van der Waals surface area contributed by atoms with E-state index in [1.165, 1.54) is 6.07 Å². The van der Waals surface area contributed by atoms with E-state index >= 15 is 0 Å². The van der Waals surface area contributed by atoms with Gasteiger partial charge in [-0.2, -0.15) is 13.2 Å². The average molecular weight is 333 g/mol. The fraction of sp³-hybridized carbons (Fsp3) is 0.364. The molecule has 0 saturated heterocycles. The van der Waals surface area contributed by atoms with E-state index in [1.807, 2.05) is 0 Å². The van der Waals surface area contributed by atoms with Crippen LogP contribution in [0.5, 0.6) is 0 Å². The quantitative estimate of drug-likeness (QED) is 0.794. The van der Waals surface area contributed by atoms with Gasteiger partial charge in [0.1, 0.15) is 4.33 Å². The first kappa shape index (κ1) is 14.8. The van der Waals surface area contributed by atoms with Crippen molar-refractivity contribution in [2.24, 2.45) is 5.92 Å². The Labute approximate surface area is 121 Å². The lowest BCUT2D eigenvalue weighted by Gasteiger charge is -2.11. The van der Waals surface area contributed by atoms with Crippen molar-refractivity contribution in [3.63, 3.8) is 0 Å². The highest BCUT2D eigenvalue weighted by Crippen LogP contribution is 2.53. The van der Waals surface area contributed by atoms with Crippen LogP contribution in [-0.4, -0.2) is 10.2 Å². The Morgan fingerprint density at radius 1 is 1.37 bits per heavy atom. The van der Waals surface area contributed by atoms with Crippen LogP contribution in [0.1, 0.15) is 12.0 Å². The van der Waals surface area contributed by atoms with Gasteiger partial charge >= 0.3 is 6.18 Å². The van der Waals surface area contributed by atoms with Gasteiger partial charge in [0.25, 0.3) is 0 Å². The van der Waals surface area contributed by atoms with Crippen LogP contribution in [0.4, 0.5) is 18.9 Å². The van der Waals surface area contributed by atoms with Crippen LogP contribution in [-0.2, 0) is 11.0 Å². The lowest BCUT2D eigenvalue weighted by atomic mass is 10.2. The van der Waals surface area contributed by atoms with Gasteiger partial charge in [0.2, 0.25) is 5.91 Å². The van der Waals surface area contributed by atoms with Crippen LogP contribution in [0.3, 0.4) is 0 Å². The summed E-state index contributed by atoms with van der Waals surface area (Å²) in [4.78, 5) is 11.6. The maximum Gasteiger partial charge on any atom is 0.417 e. The summed E-state index contributed by atoms with van der Waals surface area (Å²) in [6, 6.07) is 3.12. The van der Waals surface area contributed by atoms with Crippen molar-refractivity contribution in [2.75, 3.05) is 5.32 Å². The van der Waals surface area contributed by atoms with Gasteiger partial charge in [-0.05, 0) is 24.6 Å². The minimum atomic E-state index is -4.58. The summed E-state index contributed by atoms with van der Waals surface area (Å²) in [7, 11) is 0. The number of carbonyl (C=O) groups is 1. The largest absolute Gasteiger partial charge is 0.417 e. The van der Waals surface area contributed by atoms with E-state index in [4.69, 9.17) is 34.8 Å². The highest BCUT2D eigenvalue weighted by molar-refractivity contribution is 6.52. The van der Waals surface area contributed by atoms with Crippen LogP contribution in [0, 0.1) is 5.92 Å². The molecule has 1 saturated carbocycles. The third-order valence-corrected chi connectivity index (χ3v) is 3.85. The molecule has 1 aliphatic carbocycles. The molecule has 8 heteroatoms. The number of anilines is 1. The number of halogens is 6. The van der Waals surface area contributed by atoms with E-state index in [1.54, 1.807) is 0 Å².